The van der Waals surface area contributed by atoms with E-state index in [1.807, 2.05) is 19.0 Å². The molecule has 1 saturated carbocycles. The van der Waals surface area contributed by atoms with Crippen molar-refractivity contribution >= 4 is 11.8 Å². The molecule has 1 aliphatic carbocycles. The van der Waals surface area contributed by atoms with E-state index in [-0.39, 0.29) is 23.8 Å². The van der Waals surface area contributed by atoms with E-state index < -0.39 is 5.60 Å². The molecule has 0 unspecified atom stereocenters. The molecule has 2 saturated heterocycles. The van der Waals surface area contributed by atoms with Gasteiger partial charge in [0, 0.05) is 38.1 Å². The van der Waals surface area contributed by atoms with Crippen molar-refractivity contribution in [3.63, 3.8) is 0 Å². The Labute approximate surface area is 144 Å². The second-order valence-electron chi connectivity index (χ2n) is 8.21. The van der Waals surface area contributed by atoms with Gasteiger partial charge in [0.1, 0.15) is 0 Å². The fraction of sp³-hybridized carbons (Fsp3) is 0.889. The molecule has 6 heteroatoms. The number of aliphatic hydroxyl groups is 1. The van der Waals surface area contributed by atoms with Crippen LogP contribution in [0.5, 0.6) is 0 Å². The second-order valence-corrected chi connectivity index (χ2v) is 8.21. The standard InChI is InChI=1S/C18H31N3O3/c1-19(2)12-13-21-15(22)4-7-17(21)8-10-20(11-9-17)16(23)14-18(24)5-3-6-18/h24H,3-14H2,1-2H3. The van der Waals surface area contributed by atoms with Gasteiger partial charge in [-0.1, -0.05) is 0 Å². The maximum absolute atomic E-state index is 12.4. The lowest BCUT2D eigenvalue weighted by atomic mass is 9.77. The molecule has 3 fully saturated rings. The fourth-order valence-electron chi connectivity index (χ4n) is 4.38. The zero-order chi connectivity index (χ0) is 17.4. The predicted molar refractivity (Wildman–Crippen MR) is 91.5 cm³/mol. The quantitative estimate of drug-likeness (QED) is 0.807. The number of likely N-dealkylation sites (N-methyl/N-ethyl adjacent to an activating group) is 1. The number of carbonyl (C=O) groups is 2. The Morgan fingerprint density at radius 1 is 1.17 bits per heavy atom. The highest BCUT2D eigenvalue weighted by Crippen LogP contribution is 2.40. The molecular formula is C18H31N3O3. The molecule has 0 aromatic carbocycles. The number of rotatable bonds is 5. The molecule has 2 aliphatic heterocycles. The topological polar surface area (TPSA) is 64.1 Å². The first-order chi connectivity index (χ1) is 11.3. The highest BCUT2D eigenvalue weighted by Gasteiger charge is 2.47. The third kappa shape index (κ3) is 3.45. The van der Waals surface area contributed by atoms with Gasteiger partial charge in [-0.25, -0.2) is 0 Å². The van der Waals surface area contributed by atoms with E-state index in [1.165, 1.54) is 0 Å². The minimum absolute atomic E-state index is 0.0444. The molecule has 3 aliphatic rings. The summed E-state index contributed by atoms with van der Waals surface area (Å²) in [5.41, 5.74) is -0.787. The molecule has 136 valence electrons. The zero-order valence-corrected chi connectivity index (χ0v) is 15.1. The van der Waals surface area contributed by atoms with Gasteiger partial charge in [-0.2, -0.15) is 0 Å². The van der Waals surface area contributed by atoms with Crippen LogP contribution in [0.2, 0.25) is 0 Å². The van der Waals surface area contributed by atoms with Gasteiger partial charge in [0.05, 0.1) is 12.0 Å². The lowest BCUT2D eigenvalue weighted by Crippen LogP contribution is -2.56. The average Bonchev–Trinajstić information content (AvgIpc) is 2.80. The first-order valence-corrected chi connectivity index (χ1v) is 9.29. The summed E-state index contributed by atoms with van der Waals surface area (Å²) in [4.78, 5) is 30.8. The molecule has 1 spiro atoms. The summed E-state index contributed by atoms with van der Waals surface area (Å²) in [5, 5.41) is 10.2. The van der Waals surface area contributed by atoms with Crippen molar-refractivity contribution in [2.24, 2.45) is 0 Å². The highest BCUT2D eigenvalue weighted by atomic mass is 16.3. The molecule has 1 N–H and O–H groups in total. The van der Waals surface area contributed by atoms with Crippen LogP contribution in [0.4, 0.5) is 0 Å². The Balaban J connectivity index is 1.56. The summed E-state index contributed by atoms with van der Waals surface area (Å²) in [6.45, 7) is 3.07. The average molecular weight is 337 g/mol. The van der Waals surface area contributed by atoms with Crippen LogP contribution in [0.3, 0.4) is 0 Å². The normalized spacial score (nSPS) is 25.4. The van der Waals surface area contributed by atoms with E-state index in [4.69, 9.17) is 0 Å². The van der Waals surface area contributed by atoms with E-state index in [0.29, 0.717) is 19.5 Å². The van der Waals surface area contributed by atoms with Crippen LogP contribution in [0.1, 0.15) is 51.4 Å². The van der Waals surface area contributed by atoms with Gasteiger partial charge in [-0.15, -0.1) is 0 Å². The van der Waals surface area contributed by atoms with Gasteiger partial charge in [0.25, 0.3) is 0 Å². The van der Waals surface area contributed by atoms with Crippen molar-refractivity contribution < 1.29 is 14.7 Å². The molecule has 0 aromatic heterocycles. The van der Waals surface area contributed by atoms with Crippen molar-refractivity contribution in [1.82, 2.24) is 14.7 Å². The van der Waals surface area contributed by atoms with Gasteiger partial charge in [-0.3, -0.25) is 9.59 Å². The Morgan fingerprint density at radius 2 is 1.83 bits per heavy atom. The van der Waals surface area contributed by atoms with Crippen molar-refractivity contribution in [3.8, 4) is 0 Å². The van der Waals surface area contributed by atoms with Crippen LogP contribution in [0.15, 0.2) is 0 Å². The molecule has 0 radical (unpaired) electrons. The Bertz CT molecular complexity index is 494. The van der Waals surface area contributed by atoms with Crippen molar-refractivity contribution in [2.75, 3.05) is 40.3 Å². The van der Waals surface area contributed by atoms with Gasteiger partial charge in [0.15, 0.2) is 0 Å². The first kappa shape index (κ1) is 17.7. The Hall–Kier alpha value is -1.14. The third-order valence-corrected chi connectivity index (χ3v) is 6.26. The number of piperidine rings is 1. The van der Waals surface area contributed by atoms with Crippen molar-refractivity contribution in [3.05, 3.63) is 0 Å². The van der Waals surface area contributed by atoms with Gasteiger partial charge in [0.2, 0.25) is 11.8 Å². The van der Waals surface area contributed by atoms with E-state index in [2.05, 4.69) is 9.80 Å². The lowest BCUT2D eigenvalue weighted by Gasteiger charge is -2.46. The molecule has 0 atom stereocenters. The van der Waals surface area contributed by atoms with Crippen LogP contribution >= 0.6 is 0 Å². The number of likely N-dealkylation sites (tertiary alicyclic amines) is 2. The van der Waals surface area contributed by atoms with E-state index >= 15 is 0 Å². The van der Waals surface area contributed by atoms with Crippen molar-refractivity contribution in [1.29, 1.82) is 0 Å². The Kier molecular flexibility index (Phi) is 4.89. The molecular weight excluding hydrogens is 306 g/mol. The molecule has 24 heavy (non-hydrogen) atoms. The maximum Gasteiger partial charge on any atom is 0.225 e. The molecule has 2 amide bonds. The Morgan fingerprint density at radius 3 is 2.38 bits per heavy atom. The summed E-state index contributed by atoms with van der Waals surface area (Å²) in [7, 11) is 4.05. The number of carbonyl (C=O) groups excluding carboxylic acids is 2. The summed E-state index contributed by atoms with van der Waals surface area (Å²) in [5.74, 6) is 0.344. The molecule has 3 rings (SSSR count). The first-order valence-electron chi connectivity index (χ1n) is 9.29. The van der Waals surface area contributed by atoms with Crippen LogP contribution < -0.4 is 0 Å². The SMILES string of the molecule is CN(C)CCN1C(=O)CCC12CCN(C(=O)CC1(O)CCC1)CC2. The van der Waals surface area contributed by atoms with Gasteiger partial charge < -0.3 is 19.8 Å². The monoisotopic (exact) mass is 337 g/mol. The number of amides is 2. The minimum atomic E-state index is -0.743. The summed E-state index contributed by atoms with van der Waals surface area (Å²) >= 11 is 0. The molecule has 2 heterocycles. The second kappa shape index (κ2) is 6.64. The summed E-state index contributed by atoms with van der Waals surface area (Å²) in [6.07, 6.45) is 6.10. The van der Waals surface area contributed by atoms with Crippen LogP contribution in [-0.4, -0.2) is 83.0 Å². The molecule has 6 nitrogen and oxygen atoms in total. The molecule has 0 aromatic rings. The number of nitrogens with zero attached hydrogens (tertiary/aromatic N) is 3. The van der Waals surface area contributed by atoms with E-state index in [0.717, 1.165) is 51.6 Å². The largest absolute Gasteiger partial charge is 0.389 e. The smallest absolute Gasteiger partial charge is 0.225 e. The number of hydrogen-bond donors (Lipinski definition) is 1. The van der Waals surface area contributed by atoms with Gasteiger partial charge >= 0.3 is 0 Å². The van der Waals surface area contributed by atoms with Crippen molar-refractivity contribution in [2.45, 2.75) is 62.5 Å². The molecule has 0 bridgehead atoms. The lowest BCUT2D eigenvalue weighted by molar-refractivity contribution is -0.143. The number of hydrogen-bond acceptors (Lipinski definition) is 4. The third-order valence-electron chi connectivity index (χ3n) is 6.26. The maximum atomic E-state index is 12.4. The minimum Gasteiger partial charge on any atom is -0.389 e. The predicted octanol–water partition coefficient (Wildman–Crippen LogP) is 0.837. The highest BCUT2D eigenvalue weighted by molar-refractivity contribution is 5.80. The van der Waals surface area contributed by atoms with E-state index in [1.54, 1.807) is 0 Å². The fourth-order valence-corrected chi connectivity index (χ4v) is 4.38. The van der Waals surface area contributed by atoms with Crippen LogP contribution in [0.25, 0.3) is 0 Å². The van der Waals surface area contributed by atoms with Gasteiger partial charge in [-0.05, 0) is 52.6 Å². The summed E-state index contributed by atoms with van der Waals surface area (Å²) < 4.78 is 0. The summed E-state index contributed by atoms with van der Waals surface area (Å²) in [6, 6.07) is 0. The zero-order valence-electron chi connectivity index (χ0n) is 15.1. The van der Waals surface area contributed by atoms with Crippen LogP contribution in [0, 0.1) is 0 Å². The van der Waals surface area contributed by atoms with E-state index in [9.17, 15) is 14.7 Å². The van der Waals surface area contributed by atoms with Crippen LogP contribution in [-0.2, 0) is 9.59 Å².